The lowest BCUT2D eigenvalue weighted by atomic mass is 9.76. The zero-order valence-corrected chi connectivity index (χ0v) is 16.3. The van der Waals surface area contributed by atoms with Crippen LogP contribution >= 0.6 is 0 Å². The van der Waals surface area contributed by atoms with Gasteiger partial charge in [0.15, 0.2) is 0 Å². The van der Waals surface area contributed by atoms with E-state index < -0.39 is 0 Å². The molecular weight excluding hydrogens is 328 g/mol. The summed E-state index contributed by atoms with van der Waals surface area (Å²) in [6.07, 6.45) is 10.8. The van der Waals surface area contributed by atoms with Crippen LogP contribution in [-0.2, 0) is 28.9 Å². The van der Waals surface area contributed by atoms with Gasteiger partial charge in [-0.25, -0.2) is 4.98 Å². The number of rotatable bonds is 6. The molecule has 1 aromatic rings. The minimum atomic E-state index is -0.282. The molecule has 5 heteroatoms. The molecule has 1 fully saturated rings. The number of hydrogen-bond donors (Lipinski definition) is 0. The number of nitrogens with zero attached hydrogens (tertiary/aromatic N) is 2. The summed E-state index contributed by atoms with van der Waals surface area (Å²) in [5.41, 5.74) is 1.56. The molecule has 1 saturated carbocycles. The Morgan fingerprint density at radius 1 is 1.15 bits per heavy atom. The van der Waals surface area contributed by atoms with Gasteiger partial charge >= 0.3 is 5.97 Å². The van der Waals surface area contributed by atoms with Crippen molar-refractivity contribution in [2.75, 3.05) is 6.61 Å². The number of carbonyl (C=O) groups is 1. The Hall–Kier alpha value is -1.65. The first-order chi connectivity index (χ1) is 12.5. The largest absolute Gasteiger partial charge is 0.465 e. The smallest absolute Gasteiger partial charge is 0.311 e. The lowest BCUT2D eigenvalue weighted by molar-refractivity contribution is -0.157. The molecule has 5 nitrogen and oxygen atoms in total. The van der Waals surface area contributed by atoms with Crippen molar-refractivity contribution in [1.82, 2.24) is 9.55 Å². The quantitative estimate of drug-likeness (QED) is 0.573. The highest BCUT2D eigenvalue weighted by Crippen LogP contribution is 2.36. The number of hydrogen-bond acceptors (Lipinski definition) is 4. The molecule has 1 aliphatic carbocycles. The van der Waals surface area contributed by atoms with Crippen molar-refractivity contribution in [2.45, 2.75) is 91.0 Å². The van der Waals surface area contributed by atoms with Crippen molar-refractivity contribution in [3.8, 4) is 0 Å². The highest BCUT2D eigenvalue weighted by atomic mass is 16.5. The van der Waals surface area contributed by atoms with E-state index in [2.05, 4.69) is 4.98 Å². The van der Waals surface area contributed by atoms with Gasteiger partial charge in [0.2, 0.25) is 0 Å². The lowest BCUT2D eigenvalue weighted by Crippen LogP contribution is -2.32. The number of carbonyl (C=O) groups excluding carboxylic acids is 1. The SMILES string of the molecule is Cc1nc2n(c(=O)c1CCCCOC(=O)C1(C)CCCCC1)CCCC2. The van der Waals surface area contributed by atoms with Gasteiger partial charge < -0.3 is 4.74 Å². The monoisotopic (exact) mass is 360 g/mol. The lowest BCUT2D eigenvalue weighted by Gasteiger charge is -2.30. The summed E-state index contributed by atoms with van der Waals surface area (Å²) in [6, 6.07) is 0. The maximum atomic E-state index is 12.7. The molecule has 1 aliphatic heterocycles. The summed E-state index contributed by atoms with van der Waals surface area (Å²) < 4.78 is 7.39. The summed E-state index contributed by atoms with van der Waals surface area (Å²) in [5.74, 6) is 0.904. The molecule has 0 amide bonds. The maximum Gasteiger partial charge on any atom is 0.311 e. The minimum Gasteiger partial charge on any atom is -0.465 e. The van der Waals surface area contributed by atoms with Crippen LogP contribution in [-0.4, -0.2) is 22.1 Å². The predicted octanol–water partition coefficient (Wildman–Crippen LogP) is 3.72. The Morgan fingerprint density at radius 3 is 2.69 bits per heavy atom. The Bertz CT molecular complexity index is 702. The van der Waals surface area contributed by atoms with E-state index in [1.54, 1.807) is 0 Å². The van der Waals surface area contributed by atoms with Crippen molar-refractivity contribution in [2.24, 2.45) is 5.41 Å². The Kier molecular flexibility index (Phi) is 6.15. The van der Waals surface area contributed by atoms with E-state index in [-0.39, 0.29) is 16.9 Å². The summed E-state index contributed by atoms with van der Waals surface area (Å²) >= 11 is 0. The fourth-order valence-corrected chi connectivity index (χ4v) is 4.30. The van der Waals surface area contributed by atoms with E-state index in [9.17, 15) is 9.59 Å². The van der Waals surface area contributed by atoms with Crippen molar-refractivity contribution in [3.05, 3.63) is 27.4 Å². The van der Waals surface area contributed by atoms with Crippen LogP contribution in [0.2, 0.25) is 0 Å². The second-order valence-corrected chi connectivity index (χ2v) is 8.22. The molecule has 0 aromatic carbocycles. The topological polar surface area (TPSA) is 61.2 Å². The van der Waals surface area contributed by atoms with E-state index in [1.807, 2.05) is 18.4 Å². The van der Waals surface area contributed by atoms with Gasteiger partial charge in [-0.2, -0.15) is 0 Å². The Labute approximate surface area is 156 Å². The van der Waals surface area contributed by atoms with Crippen molar-refractivity contribution < 1.29 is 9.53 Å². The second-order valence-electron chi connectivity index (χ2n) is 8.22. The maximum absolute atomic E-state index is 12.7. The molecule has 0 radical (unpaired) electrons. The second kappa shape index (κ2) is 8.36. The molecule has 0 saturated heterocycles. The predicted molar refractivity (Wildman–Crippen MR) is 101 cm³/mol. The number of fused-ring (bicyclic) bond motifs is 1. The molecule has 0 N–H and O–H groups in total. The first kappa shape index (κ1) is 19.1. The van der Waals surface area contributed by atoms with Gasteiger partial charge in [-0.05, 0) is 58.8 Å². The third-order valence-electron chi connectivity index (χ3n) is 6.08. The molecule has 2 aliphatic rings. The molecule has 0 spiro atoms. The van der Waals surface area contributed by atoms with Gasteiger partial charge in [0.25, 0.3) is 5.56 Å². The number of ether oxygens (including phenoxy) is 1. The van der Waals surface area contributed by atoms with Crippen LogP contribution in [0.5, 0.6) is 0 Å². The normalized spacial score (nSPS) is 19.0. The molecule has 3 rings (SSSR count). The standard InChI is InChI=1S/C21H32N2O3/c1-16-17(19(24)23-14-8-4-11-18(23)22-16)10-5-9-15-26-20(25)21(2)12-6-3-7-13-21/h3-15H2,1-2H3. The Morgan fingerprint density at radius 2 is 1.92 bits per heavy atom. The van der Waals surface area contributed by atoms with Crippen molar-refractivity contribution in [1.29, 1.82) is 0 Å². The van der Waals surface area contributed by atoms with Gasteiger partial charge in [-0.1, -0.05) is 19.3 Å². The molecule has 2 heterocycles. The molecule has 0 unspecified atom stereocenters. The fourth-order valence-electron chi connectivity index (χ4n) is 4.30. The third kappa shape index (κ3) is 4.18. The zero-order chi connectivity index (χ0) is 18.6. The van der Waals surface area contributed by atoms with Crippen LogP contribution in [0, 0.1) is 12.3 Å². The van der Waals surface area contributed by atoms with Crippen LogP contribution in [0.1, 0.15) is 81.8 Å². The zero-order valence-electron chi connectivity index (χ0n) is 16.3. The molecule has 0 atom stereocenters. The van der Waals surface area contributed by atoms with Gasteiger partial charge in [-0.15, -0.1) is 0 Å². The molecule has 1 aromatic heterocycles. The number of esters is 1. The number of unbranched alkanes of at least 4 members (excludes halogenated alkanes) is 1. The molecular formula is C21H32N2O3. The average molecular weight is 360 g/mol. The van der Waals surface area contributed by atoms with E-state index >= 15 is 0 Å². The summed E-state index contributed by atoms with van der Waals surface area (Å²) in [4.78, 5) is 29.7. The molecule has 26 heavy (non-hydrogen) atoms. The first-order valence-electron chi connectivity index (χ1n) is 10.3. The number of aromatic nitrogens is 2. The summed E-state index contributed by atoms with van der Waals surface area (Å²) in [5, 5.41) is 0. The van der Waals surface area contributed by atoms with Crippen LogP contribution < -0.4 is 5.56 Å². The van der Waals surface area contributed by atoms with Crippen LogP contribution in [0.3, 0.4) is 0 Å². The summed E-state index contributed by atoms with van der Waals surface area (Å²) in [6.45, 7) is 5.23. The third-order valence-corrected chi connectivity index (χ3v) is 6.08. The highest BCUT2D eigenvalue weighted by molar-refractivity contribution is 5.76. The number of aryl methyl sites for hydroxylation is 2. The highest BCUT2D eigenvalue weighted by Gasteiger charge is 2.35. The first-order valence-corrected chi connectivity index (χ1v) is 10.3. The van der Waals surface area contributed by atoms with Gasteiger partial charge in [0.05, 0.1) is 12.0 Å². The average Bonchev–Trinajstić information content (AvgIpc) is 2.64. The fraction of sp³-hybridized carbons (Fsp3) is 0.762. The molecule has 0 bridgehead atoms. The van der Waals surface area contributed by atoms with Crippen molar-refractivity contribution >= 4 is 5.97 Å². The van der Waals surface area contributed by atoms with Crippen LogP contribution in [0.4, 0.5) is 0 Å². The van der Waals surface area contributed by atoms with Gasteiger partial charge in [-0.3, -0.25) is 14.2 Å². The van der Waals surface area contributed by atoms with Crippen LogP contribution in [0.15, 0.2) is 4.79 Å². The van der Waals surface area contributed by atoms with E-state index in [4.69, 9.17) is 4.74 Å². The summed E-state index contributed by atoms with van der Waals surface area (Å²) in [7, 11) is 0. The van der Waals surface area contributed by atoms with E-state index in [0.29, 0.717) is 13.0 Å². The van der Waals surface area contributed by atoms with Crippen molar-refractivity contribution in [3.63, 3.8) is 0 Å². The molecule has 144 valence electrons. The van der Waals surface area contributed by atoms with E-state index in [0.717, 1.165) is 81.4 Å². The van der Waals surface area contributed by atoms with Gasteiger partial charge in [0.1, 0.15) is 5.82 Å². The Balaban J connectivity index is 1.48. The van der Waals surface area contributed by atoms with Gasteiger partial charge in [0, 0.05) is 24.2 Å². The van der Waals surface area contributed by atoms with Crippen LogP contribution in [0.25, 0.3) is 0 Å². The minimum absolute atomic E-state index is 0.0381. The van der Waals surface area contributed by atoms with E-state index in [1.165, 1.54) is 6.42 Å².